The van der Waals surface area contributed by atoms with Gasteiger partial charge in [-0.3, -0.25) is 9.69 Å². The van der Waals surface area contributed by atoms with Crippen LogP contribution in [0.4, 0.5) is 13.2 Å². The highest BCUT2D eigenvalue weighted by atomic mass is 32.1. The fraction of sp³-hybridized carbons (Fsp3) is 0.370. The van der Waals surface area contributed by atoms with Crippen LogP contribution in [0.15, 0.2) is 41.9 Å². The molecule has 1 atom stereocenters. The van der Waals surface area contributed by atoms with E-state index in [1.807, 2.05) is 6.92 Å². The molecule has 0 bridgehead atoms. The van der Waals surface area contributed by atoms with Crippen molar-refractivity contribution < 1.29 is 22.7 Å². The van der Waals surface area contributed by atoms with E-state index >= 15 is 0 Å². The molecule has 0 radical (unpaired) electrons. The maximum absolute atomic E-state index is 14.2. The molecule has 1 aliphatic rings. The predicted octanol–water partition coefficient (Wildman–Crippen LogP) is 5.45. The zero-order valence-electron chi connectivity index (χ0n) is 21.5. The Balaban J connectivity index is 1.49. The Bertz CT molecular complexity index is 1480. The minimum Gasteiger partial charge on any atom is -0.497 e. The molecule has 0 spiro atoms. The summed E-state index contributed by atoms with van der Waals surface area (Å²) in [5.41, 5.74) is 0.796. The number of thiophene rings is 1. The number of nitrogens with zero attached hydrogens (tertiary/aromatic N) is 5. The molecule has 5 rings (SSSR count). The summed E-state index contributed by atoms with van der Waals surface area (Å²) in [4.78, 5) is 23.5. The number of methoxy groups -OCH3 is 1. The number of carbonyl (C=O) groups is 1. The number of benzene rings is 1. The summed E-state index contributed by atoms with van der Waals surface area (Å²) in [6.07, 6.45) is -3.50. The molecular weight excluding hydrogens is 515 g/mol. The fourth-order valence-electron chi connectivity index (χ4n) is 5.01. The van der Waals surface area contributed by atoms with Crippen molar-refractivity contribution >= 4 is 22.9 Å². The maximum atomic E-state index is 14.2. The van der Waals surface area contributed by atoms with Crippen LogP contribution in [0.1, 0.15) is 39.0 Å². The predicted molar refractivity (Wildman–Crippen MR) is 140 cm³/mol. The third-order valence-corrected chi connectivity index (χ3v) is 7.92. The van der Waals surface area contributed by atoms with E-state index in [4.69, 9.17) is 4.74 Å². The normalized spacial score (nSPS) is 16.8. The Morgan fingerprint density at radius 2 is 1.92 bits per heavy atom. The smallest absolute Gasteiger partial charge is 0.433 e. The van der Waals surface area contributed by atoms with Gasteiger partial charge in [-0.1, -0.05) is 0 Å². The molecule has 1 aliphatic heterocycles. The number of fused-ring (bicyclic) bond motifs is 1. The van der Waals surface area contributed by atoms with Crippen molar-refractivity contribution in [1.82, 2.24) is 24.4 Å². The standard InChI is InChI=1S/C27H28F3N5O2S/c1-16-11-21(38-15-16)14-33-9-10-34(17(2)13-33)26(36)22-12-31-35-24(27(28,29)30)18(3)23(32-25(22)35)19-5-7-20(37-4)8-6-19/h5-8,11-12,15,17H,9-10,13-14H2,1-4H3/t17-/m1/s1. The first-order valence-electron chi connectivity index (χ1n) is 12.2. The third kappa shape index (κ3) is 4.88. The van der Waals surface area contributed by atoms with E-state index < -0.39 is 11.9 Å². The van der Waals surface area contributed by atoms with E-state index in [2.05, 4.69) is 33.4 Å². The van der Waals surface area contributed by atoms with Crippen LogP contribution in [0.3, 0.4) is 0 Å². The molecule has 7 nitrogen and oxygen atoms in total. The zero-order valence-corrected chi connectivity index (χ0v) is 22.4. The molecule has 1 aromatic carbocycles. The molecule has 0 saturated carbocycles. The summed E-state index contributed by atoms with van der Waals surface area (Å²) in [5, 5.41) is 6.10. The second-order valence-corrected chi connectivity index (χ2v) is 10.6. The first-order valence-corrected chi connectivity index (χ1v) is 13.1. The molecule has 4 heterocycles. The lowest BCUT2D eigenvalue weighted by Crippen LogP contribution is -2.53. The van der Waals surface area contributed by atoms with Crippen LogP contribution in [-0.4, -0.2) is 63.1 Å². The molecule has 1 fully saturated rings. The lowest BCUT2D eigenvalue weighted by Gasteiger charge is -2.39. The molecule has 200 valence electrons. The Morgan fingerprint density at radius 3 is 2.53 bits per heavy atom. The number of hydrogen-bond donors (Lipinski definition) is 0. The average Bonchev–Trinajstić information content (AvgIpc) is 3.48. The van der Waals surface area contributed by atoms with Crippen LogP contribution in [-0.2, 0) is 12.7 Å². The van der Waals surface area contributed by atoms with Crippen molar-refractivity contribution in [2.45, 2.75) is 39.5 Å². The summed E-state index contributed by atoms with van der Waals surface area (Å²) >= 11 is 1.72. The lowest BCUT2D eigenvalue weighted by molar-refractivity contribution is -0.143. The number of hydrogen-bond acceptors (Lipinski definition) is 6. The van der Waals surface area contributed by atoms with Gasteiger partial charge < -0.3 is 9.64 Å². The molecule has 11 heteroatoms. The highest BCUT2D eigenvalue weighted by molar-refractivity contribution is 7.10. The number of aryl methyl sites for hydroxylation is 1. The summed E-state index contributed by atoms with van der Waals surface area (Å²) in [6.45, 7) is 8.00. The van der Waals surface area contributed by atoms with Crippen LogP contribution >= 0.6 is 11.3 Å². The van der Waals surface area contributed by atoms with Gasteiger partial charge in [0.05, 0.1) is 19.0 Å². The minimum absolute atomic E-state index is 0.0550. The monoisotopic (exact) mass is 543 g/mol. The van der Waals surface area contributed by atoms with Gasteiger partial charge in [0.25, 0.3) is 5.91 Å². The van der Waals surface area contributed by atoms with E-state index in [-0.39, 0.29) is 34.4 Å². The van der Waals surface area contributed by atoms with E-state index in [1.54, 1.807) is 40.5 Å². The first kappa shape index (κ1) is 26.2. The second-order valence-electron chi connectivity index (χ2n) is 9.63. The average molecular weight is 544 g/mol. The van der Waals surface area contributed by atoms with Crippen LogP contribution < -0.4 is 4.74 Å². The second kappa shape index (κ2) is 10.0. The summed E-state index contributed by atoms with van der Waals surface area (Å²) < 4.78 is 48.6. The van der Waals surface area contributed by atoms with E-state index in [1.165, 1.54) is 30.7 Å². The van der Waals surface area contributed by atoms with Crippen LogP contribution in [0, 0.1) is 13.8 Å². The van der Waals surface area contributed by atoms with Gasteiger partial charge in [-0.2, -0.15) is 18.3 Å². The van der Waals surface area contributed by atoms with Gasteiger partial charge in [0.1, 0.15) is 11.3 Å². The first-order chi connectivity index (χ1) is 18.1. The molecular formula is C27H28F3N5O2S. The van der Waals surface area contributed by atoms with Gasteiger partial charge in [0.15, 0.2) is 11.3 Å². The SMILES string of the molecule is COc1ccc(-c2nc3c(C(=O)N4CCN(Cc5cc(C)cs5)C[C@H]4C)cnn3c(C(F)(F)F)c2C)cc1. The van der Waals surface area contributed by atoms with E-state index in [0.717, 1.165) is 11.1 Å². The molecule has 3 aromatic heterocycles. The topological polar surface area (TPSA) is 63.0 Å². The number of halogens is 3. The number of amides is 1. The molecule has 0 aliphatic carbocycles. The quantitative estimate of drug-likeness (QED) is 0.335. The molecule has 0 unspecified atom stereocenters. The fourth-order valence-corrected chi connectivity index (χ4v) is 5.93. The summed E-state index contributed by atoms with van der Waals surface area (Å²) in [6, 6.07) is 8.67. The largest absolute Gasteiger partial charge is 0.497 e. The van der Waals surface area contributed by atoms with Crippen molar-refractivity contribution in [2.24, 2.45) is 0 Å². The number of alkyl halides is 3. The molecule has 1 saturated heterocycles. The highest BCUT2D eigenvalue weighted by Crippen LogP contribution is 2.37. The van der Waals surface area contributed by atoms with Crippen molar-refractivity contribution in [3.63, 3.8) is 0 Å². The minimum atomic E-state index is -4.70. The van der Waals surface area contributed by atoms with Crippen LogP contribution in [0.25, 0.3) is 16.9 Å². The Kier molecular flexibility index (Phi) is 6.91. The molecule has 4 aromatic rings. The van der Waals surface area contributed by atoms with Crippen LogP contribution in [0.2, 0.25) is 0 Å². The third-order valence-electron chi connectivity index (χ3n) is 6.88. The van der Waals surface area contributed by atoms with Crippen molar-refractivity contribution in [3.05, 3.63) is 69.2 Å². The number of rotatable bonds is 5. The molecule has 1 amide bonds. The van der Waals surface area contributed by atoms with Gasteiger partial charge in [-0.05, 0) is 62.0 Å². The zero-order chi connectivity index (χ0) is 27.2. The highest BCUT2D eigenvalue weighted by Gasteiger charge is 2.39. The molecule has 38 heavy (non-hydrogen) atoms. The van der Waals surface area contributed by atoms with Crippen molar-refractivity contribution in [2.75, 3.05) is 26.7 Å². The summed E-state index contributed by atoms with van der Waals surface area (Å²) in [7, 11) is 1.51. The number of piperazine rings is 1. The summed E-state index contributed by atoms with van der Waals surface area (Å²) in [5.74, 6) is 0.204. The molecule has 0 N–H and O–H groups in total. The van der Waals surface area contributed by atoms with Crippen molar-refractivity contribution in [3.8, 4) is 17.0 Å². The number of carbonyl (C=O) groups excluding carboxylic acids is 1. The van der Waals surface area contributed by atoms with Gasteiger partial charge in [0, 0.05) is 48.2 Å². The van der Waals surface area contributed by atoms with E-state index in [9.17, 15) is 18.0 Å². The van der Waals surface area contributed by atoms with E-state index in [0.29, 0.717) is 30.9 Å². The van der Waals surface area contributed by atoms with Gasteiger partial charge in [-0.15, -0.1) is 11.3 Å². The Labute approximate surface area is 222 Å². The lowest BCUT2D eigenvalue weighted by atomic mass is 10.0. The Hall–Kier alpha value is -3.44. The maximum Gasteiger partial charge on any atom is 0.433 e. The van der Waals surface area contributed by atoms with Crippen molar-refractivity contribution in [1.29, 1.82) is 0 Å². The van der Waals surface area contributed by atoms with Gasteiger partial charge in [0.2, 0.25) is 0 Å². The van der Waals surface area contributed by atoms with Crippen LogP contribution in [0.5, 0.6) is 5.75 Å². The number of aromatic nitrogens is 3. The Morgan fingerprint density at radius 1 is 1.18 bits per heavy atom. The van der Waals surface area contributed by atoms with Gasteiger partial charge >= 0.3 is 6.18 Å². The van der Waals surface area contributed by atoms with Gasteiger partial charge in [-0.25, -0.2) is 9.50 Å². The number of ether oxygens (including phenoxy) is 1.